The summed E-state index contributed by atoms with van der Waals surface area (Å²) in [4.78, 5) is 6.31. The van der Waals surface area contributed by atoms with Gasteiger partial charge < -0.3 is 10.6 Å². The smallest absolute Gasteiger partial charge is 0.231 e. The summed E-state index contributed by atoms with van der Waals surface area (Å²) in [5, 5.41) is 8.39. The van der Waals surface area contributed by atoms with Crippen LogP contribution in [-0.2, 0) is 0 Å². The molecule has 2 N–H and O–H groups in total. The molecule has 0 atom stereocenters. The zero-order valence-corrected chi connectivity index (χ0v) is 10.8. The van der Waals surface area contributed by atoms with Crippen LogP contribution in [0.1, 0.15) is 26.7 Å². The molecular formula is C12H18N6. The van der Waals surface area contributed by atoms with Crippen molar-refractivity contribution in [2.45, 2.75) is 26.7 Å². The van der Waals surface area contributed by atoms with Crippen molar-refractivity contribution < 1.29 is 0 Å². The predicted molar refractivity (Wildman–Crippen MR) is 70.4 cm³/mol. The first-order valence-corrected chi connectivity index (χ1v) is 6.27. The first-order chi connectivity index (χ1) is 8.57. The summed E-state index contributed by atoms with van der Waals surface area (Å²) in [5.41, 5.74) is 6.76. The van der Waals surface area contributed by atoms with E-state index in [0.717, 1.165) is 19.0 Å². The van der Waals surface area contributed by atoms with E-state index in [0.29, 0.717) is 16.9 Å². The molecule has 1 fully saturated rings. The molecule has 0 spiro atoms. The Labute approximate surface area is 106 Å². The van der Waals surface area contributed by atoms with Gasteiger partial charge in [0.05, 0.1) is 0 Å². The Morgan fingerprint density at radius 1 is 1.33 bits per heavy atom. The largest absolute Gasteiger partial charge is 0.381 e. The van der Waals surface area contributed by atoms with Crippen molar-refractivity contribution in [1.29, 1.82) is 0 Å². The summed E-state index contributed by atoms with van der Waals surface area (Å²) in [6, 6.07) is 0. The maximum atomic E-state index is 5.80. The first-order valence-electron chi connectivity index (χ1n) is 6.27. The Bertz CT molecular complexity index is 573. The zero-order chi connectivity index (χ0) is 12.8. The van der Waals surface area contributed by atoms with Gasteiger partial charge in [-0.2, -0.15) is 0 Å². The maximum absolute atomic E-state index is 5.80. The molecule has 0 amide bonds. The Hall–Kier alpha value is -1.85. The molecule has 0 saturated carbocycles. The molecule has 1 saturated heterocycles. The lowest BCUT2D eigenvalue weighted by Crippen LogP contribution is -2.41. The average Bonchev–Trinajstić information content (AvgIpc) is 2.73. The number of anilines is 2. The third kappa shape index (κ3) is 1.77. The normalized spacial score (nSPS) is 19.3. The third-order valence-corrected chi connectivity index (χ3v) is 3.52. The molecule has 0 bridgehead atoms. The minimum absolute atomic E-state index is 0.322. The summed E-state index contributed by atoms with van der Waals surface area (Å²) in [6.45, 7) is 6.60. The topological polar surface area (TPSA) is 72.3 Å². The molecule has 3 rings (SSSR count). The van der Waals surface area contributed by atoms with Crippen molar-refractivity contribution in [3.63, 3.8) is 0 Å². The highest BCUT2D eigenvalue weighted by atomic mass is 15.4. The minimum atomic E-state index is 0.322. The summed E-state index contributed by atoms with van der Waals surface area (Å²) in [6.07, 6.45) is 5.99. The van der Waals surface area contributed by atoms with E-state index in [4.69, 9.17) is 5.73 Å². The van der Waals surface area contributed by atoms with Crippen LogP contribution in [0.3, 0.4) is 0 Å². The van der Waals surface area contributed by atoms with Crippen LogP contribution in [0.25, 0.3) is 5.65 Å². The van der Waals surface area contributed by atoms with Gasteiger partial charge in [0.2, 0.25) is 11.6 Å². The van der Waals surface area contributed by atoms with Gasteiger partial charge in [-0.1, -0.05) is 13.8 Å². The van der Waals surface area contributed by atoms with Crippen molar-refractivity contribution in [2.75, 3.05) is 23.7 Å². The van der Waals surface area contributed by atoms with Crippen molar-refractivity contribution >= 4 is 17.4 Å². The van der Waals surface area contributed by atoms with Crippen molar-refractivity contribution in [3.05, 3.63) is 12.4 Å². The lowest BCUT2D eigenvalue weighted by Gasteiger charge is -2.37. The van der Waals surface area contributed by atoms with E-state index in [9.17, 15) is 0 Å². The molecule has 96 valence electrons. The highest BCUT2D eigenvalue weighted by molar-refractivity contribution is 5.61. The predicted octanol–water partition coefficient (Wildman–Crippen LogP) is 1.33. The van der Waals surface area contributed by atoms with Crippen LogP contribution in [-0.4, -0.2) is 32.7 Å². The van der Waals surface area contributed by atoms with Crippen LogP contribution >= 0.6 is 0 Å². The number of aromatic nitrogens is 4. The van der Waals surface area contributed by atoms with Crippen molar-refractivity contribution in [1.82, 2.24) is 19.6 Å². The number of piperidine rings is 1. The molecule has 1 aliphatic heterocycles. The van der Waals surface area contributed by atoms with Gasteiger partial charge in [-0.3, -0.25) is 4.40 Å². The van der Waals surface area contributed by atoms with Gasteiger partial charge >= 0.3 is 0 Å². The number of hydrogen-bond donors (Lipinski definition) is 1. The average molecular weight is 246 g/mol. The monoisotopic (exact) mass is 246 g/mol. The van der Waals surface area contributed by atoms with E-state index in [1.54, 1.807) is 6.20 Å². The zero-order valence-electron chi connectivity index (χ0n) is 10.8. The third-order valence-electron chi connectivity index (χ3n) is 3.52. The molecule has 2 aromatic heterocycles. The summed E-state index contributed by atoms with van der Waals surface area (Å²) in [7, 11) is 0. The number of fused-ring (bicyclic) bond motifs is 1. The van der Waals surface area contributed by atoms with Gasteiger partial charge in [-0.15, -0.1) is 10.2 Å². The first kappa shape index (κ1) is 11.3. The fourth-order valence-electron chi connectivity index (χ4n) is 2.64. The second-order valence-corrected chi connectivity index (χ2v) is 5.70. The van der Waals surface area contributed by atoms with E-state index >= 15 is 0 Å². The summed E-state index contributed by atoms with van der Waals surface area (Å²) < 4.78 is 1.92. The summed E-state index contributed by atoms with van der Waals surface area (Å²) >= 11 is 0. The van der Waals surface area contributed by atoms with Crippen molar-refractivity contribution in [2.24, 2.45) is 5.41 Å². The Kier molecular flexibility index (Phi) is 2.39. The molecule has 0 aromatic carbocycles. The van der Waals surface area contributed by atoms with Crippen LogP contribution in [0.4, 0.5) is 11.8 Å². The van der Waals surface area contributed by atoms with Gasteiger partial charge in [0.15, 0.2) is 5.82 Å². The molecule has 0 aliphatic carbocycles. The minimum Gasteiger partial charge on any atom is -0.381 e. The van der Waals surface area contributed by atoms with E-state index in [1.165, 1.54) is 12.8 Å². The van der Waals surface area contributed by atoms with Gasteiger partial charge in [-0.25, -0.2) is 4.98 Å². The molecule has 18 heavy (non-hydrogen) atoms. The highest BCUT2D eigenvalue weighted by Crippen LogP contribution is 2.31. The fraction of sp³-hybridized carbons (Fsp3) is 0.583. The van der Waals surface area contributed by atoms with Crippen LogP contribution in [0.15, 0.2) is 12.4 Å². The van der Waals surface area contributed by atoms with Gasteiger partial charge in [0.25, 0.3) is 0 Å². The van der Waals surface area contributed by atoms with Crippen LogP contribution in [0.2, 0.25) is 0 Å². The van der Waals surface area contributed by atoms with E-state index in [1.807, 2.05) is 10.6 Å². The second-order valence-electron chi connectivity index (χ2n) is 5.70. The van der Waals surface area contributed by atoms with Gasteiger partial charge in [0, 0.05) is 25.5 Å². The molecule has 6 nitrogen and oxygen atoms in total. The van der Waals surface area contributed by atoms with E-state index < -0.39 is 0 Å². The SMILES string of the molecule is CC1(C)CCCN(c2nnc3c(N)nccn23)C1. The fourth-order valence-corrected chi connectivity index (χ4v) is 2.64. The standard InChI is InChI=1S/C12H18N6/c1-12(2)4-3-6-17(8-12)11-16-15-10-9(13)14-5-7-18(10)11/h5,7H,3-4,6,8H2,1-2H3,(H2,13,14). The van der Waals surface area contributed by atoms with E-state index in [2.05, 4.69) is 33.9 Å². The molecule has 0 unspecified atom stereocenters. The number of nitrogen functional groups attached to an aromatic ring is 1. The van der Waals surface area contributed by atoms with Gasteiger partial charge in [0.1, 0.15) is 0 Å². The van der Waals surface area contributed by atoms with Crippen molar-refractivity contribution in [3.8, 4) is 0 Å². The quantitative estimate of drug-likeness (QED) is 0.822. The molecular weight excluding hydrogens is 228 g/mol. The number of nitrogens with two attached hydrogens (primary N) is 1. The van der Waals surface area contributed by atoms with Crippen LogP contribution < -0.4 is 10.6 Å². The molecule has 0 radical (unpaired) electrons. The van der Waals surface area contributed by atoms with E-state index in [-0.39, 0.29) is 0 Å². The summed E-state index contributed by atoms with van der Waals surface area (Å²) in [5.74, 6) is 1.29. The Morgan fingerprint density at radius 2 is 2.17 bits per heavy atom. The Morgan fingerprint density at radius 3 is 2.94 bits per heavy atom. The lowest BCUT2D eigenvalue weighted by molar-refractivity contribution is 0.290. The number of hydrogen-bond acceptors (Lipinski definition) is 5. The Balaban J connectivity index is 2.02. The molecule has 2 aromatic rings. The number of nitrogens with zero attached hydrogens (tertiary/aromatic N) is 5. The maximum Gasteiger partial charge on any atom is 0.231 e. The highest BCUT2D eigenvalue weighted by Gasteiger charge is 2.28. The molecule has 1 aliphatic rings. The number of rotatable bonds is 1. The second kappa shape index (κ2) is 3.83. The van der Waals surface area contributed by atoms with Crippen LogP contribution in [0, 0.1) is 5.41 Å². The van der Waals surface area contributed by atoms with Gasteiger partial charge in [-0.05, 0) is 18.3 Å². The van der Waals surface area contributed by atoms with Crippen LogP contribution in [0.5, 0.6) is 0 Å². The molecule has 6 heteroatoms. The molecule has 3 heterocycles. The lowest BCUT2D eigenvalue weighted by atomic mass is 9.84.